The van der Waals surface area contributed by atoms with Gasteiger partial charge < -0.3 is 0 Å². The Hall–Kier alpha value is -1.74. The first-order valence-corrected chi connectivity index (χ1v) is 7.20. The van der Waals surface area contributed by atoms with Gasteiger partial charge in [0.25, 0.3) is 0 Å². The van der Waals surface area contributed by atoms with E-state index in [-0.39, 0.29) is 11.8 Å². The van der Waals surface area contributed by atoms with Crippen LogP contribution in [0.5, 0.6) is 0 Å². The number of hydrogen-bond donors (Lipinski definition) is 0. The zero-order valence-corrected chi connectivity index (χ0v) is 11.8. The van der Waals surface area contributed by atoms with Crippen LogP contribution < -0.4 is 4.90 Å². The lowest BCUT2D eigenvalue weighted by molar-refractivity contribution is -0.120. The summed E-state index contributed by atoms with van der Waals surface area (Å²) in [6.45, 7) is 3.88. The first-order valence-electron chi connectivity index (χ1n) is 6.38. The van der Waals surface area contributed by atoms with Crippen molar-refractivity contribution in [3.8, 4) is 0 Å². The molecule has 0 aromatic heterocycles. The van der Waals surface area contributed by atoms with Crippen LogP contribution in [0.1, 0.15) is 13.8 Å². The molecule has 0 bridgehead atoms. The molecule has 2 aromatic carbocycles. The van der Waals surface area contributed by atoms with Crippen molar-refractivity contribution in [2.24, 2.45) is 5.92 Å². The van der Waals surface area contributed by atoms with E-state index in [1.807, 2.05) is 55.1 Å². The minimum absolute atomic E-state index is 0.0239. The molecular weight excluding hydrogens is 254 g/mol. The Morgan fingerprint density at radius 1 is 0.947 bits per heavy atom. The second-order valence-electron chi connectivity index (χ2n) is 4.87. The standard InChI is InChI=1S/C16H15NOS/c1-11(2)16(18)17-12-7-3-5-9-14(12)19-15-10-6-4-8-13(15)17/h3-11H,1-2H3. The van der Waals surface area contributed by atoms with Crippen LogP contribution in [0.2, 0.25) is 0 Å². The molecule has 2 aromatic rings. The minimum Gasteiger partial charge on any atom is -0.279 e. The van der Waals surface area contributed by atoms with Crippen LogP contribution >= 0.6 is 11.8 Å². The smallest absolute Gasteiger partial charge is 0.234 e. The van der Waals surface area contributed by atoms with Crippen LogP contribution in [0.15, 0.2) is 58.3 Å². The molecule has 1 aliphatic heterocycles. The van der Waals surface area contributed by atoms with Crippen molar-refractivity contribution in [2.45, 2.75) is 23.6 Å². The number of benzene rings is 2. The highest BCUT2D eigenvalue weighted by Crippen LogP contribution is 2.48. The Bertz CT molecular complexity index is 591. The molecule has 0 aliphatic carbocycles. The van der Waals surface area contributed by atoms with Crippen molar-refractivity contribution in [1.82, 2.24) is 0 Å². The molecule has 2 nitrogen and oxygen atoms in total. The topological polar surface area (TPSA) is 20.3 Å². The van der Waals surface area contributed by atoms with Gasteiger partial charge in [0, 0.05) is 15.7 Å². The third-order valence-corrected chi connectivity index (χ3v) is 4.28. The molecule has 0 saturated carbocycles. The fourth-order valence-electron chi connectivity index (χ4n) is 2.20. The molecule has 1 aliphatic rings. The maximum atomic E-state index is 12.5. The van der Waals surface area contributed by atoms with Gasteiger partial charge >= 0.3 is 0 Å². The first-order chi connectivity index (χ1) is 9.18. The Balaban J connectivity index is 2.19. The van der Waals surface area contributed by atoms with Gasteiger partial charge in [0.05, 0.1) is 11.4 Å². The summed E-state index contributed by atoms with van der Waals surface area (Å²) in [5.41, 5.74) is 1.98. The van der Waals surface area contributed by atoms with Crippen molar-refractivity contribution in [1.29, 1.82) is 0 Å². The molecule has 3 heteroatoms. The second kappa shape index (κ2) is 4.74. The third kappa shape index (κ3) is 2.04. The van der Waals surface area contributed by atoms with Crippen LogP contribution in [0.3, 0.4) is 0 Å². The Morgan fingerprint density at radius 3 is 1.89 bits per heavy atom. The van der Waals surface area contributed by atoms with Gasteiger partial charge in [-0.2, -0.15) is 0 Å². The maximum Gasteiger partial charge on any atom is 0.234 e. The number of hydrogen-bond acceptors (Lipinski definition) is 2. The summed E-state index contributed by atoms with van der Waals surface area (Å²) in [4.78, 5) is 16.7. The van der Waals surface area contributed by atoms with Crippen LogP contribution in [0, 0.1) is 5.92 Å². The lowest BCUT2D eigenvalue weighted by Gasteiger charge is -2.32. The molecule has 0 saturated heterocycles. The molecule has 0 spiro atoms. The van der Waals surface area contributed by atoms with Gasteiger partial charge in [0.2, 0.25) is 5.91 Å². The van der Waals surface area contributed by atoms with E-state index < -0.39 is 0 Å². The van der Waals surface area contributed by atoms with Crippen LogP contribution in [0.4, 0.5) is 11.4 Å². The lowest BCUT2D eigenvalue weighted by atomic mass is 10.1. The molecule has 1 heterocycles. The Kier molecular flexibility index (Phi) is 3.07. The molecular formula is C16H15NOS. The zero-order valence-electron chi connectivity index (χ0n) is 11.0. The number of carbonyl (C=O) groups excluding carboxylic acids is 1. The van der Waals surface area contributed by atoms with Crippen LogP contribution in [-0.2, 0) is 4.79 Å². The Labute approximate surface area is 117 Å². The molecule has 19 heavy (non-hydrogen) atoms. The first kappa shape index (κ1) is 12.3. The summed E-state index contributed by atoms with van der Waals surface area (Å²) >= 11 is 1.72. The molecule has 0 N–H and O–H groups in total. The van der Waals surface area contributed by atoms with Crippen molar-refractivity contribution in [2.75, 3.05) is 4.90 Å². The van der Waals surface area contributed by atoms with Gasteiger partial charge in [0.15, 0.2) is 0 Å². The molecule has 1 amide bonds. The van der Waals surface area contributed by atoms with E-state index in [0.717, 1.165) is 21.2 Å². The lowest BCUT2D eigenvalue weighted by Crippen LogP contribution is -2.31. The van der Waals surface area contributed by atoms with Crippen molar-refractivity contribution >= 4 is 29.0 Å². The van der Waals surface area contributed by atoms with Gasteiger partial charge in [0.1, 0.15) is 0 Å². The summed E-state index contributed by atoms with van der Waals surface area (Å²) < 4.78 is 0. The van der Waals surface area contributed by atoms with E-state index >= 15 is 0 Å². The number of anilines is 2. The SMILES string of the molecule is CC(C)C(=O)N1c2ccccc2Sc2ccccc21. The maximum absolute atomic E-state index is 12.5. The minimum atomic E-state index is -0.0239. The van der Waals surface area contributed by atoms with Crippen molar-refractivity contribution in [3.63, 3.8) is 0 Å². The normalized spacial score (nSPS) is 13.1. The van der Waals surface area contributed by atoms with Gasteiger partial charge in [-0.3, -0.25) is 9.69 Å². The second-order valence-corrected chi connectivity index (χ2v) is 5.95. The number of fused-ring (bicyclic) bond motifs is 2. The number of carbonyl (C=O) groups is 1. The Morgan fingerprint density at radius 2 is 1.42 bits per heavy atom. The highest BCUT2D eigenvalue weighted by atomic mass is 32.2. The van der Waals surface area contributed by atoms with E-state index in [0.29, 0.717) is 0 Å². The molecule has 0 radical (unpaired) electrons. The third-order valence-electron chi connectivity index (χ3n) is 3.15. The molecule has 96 valence electrons. The average Bonchev–Trinajstić information content (AvgIpc) is 2.43. The van der Waals surface area contributed by atoms with Gasteiger partial charge in [-0.05, 0) is 24.3 Å². The summed E-state index contributed by atoms with van der Waals surface area (Å²) in [5, 5.41) is 0. The van der Waals surface area contributed by atoms with E-state index in [9.17, 15) is 4.79 Å². The zero-order chi connectivity index (χ0) is 13.4. The van der Waals surface area contributed by atoms with E-state index in [4.69, 9.17) is 0 Å². The van der Waals surface area contributed by atoms with E-state index in [1.54, 1.807) is 11.8 Å². The summed E-state index contributed by atoms with van der Waals surface area (Å²) in [6.07, 6.45) is 0. The van der Waals surface area contributed by atoms with E-state index in [2.05, 4.69) is 12.1 Å². The molecule has 0 atom stereocenters. The highest BCUT2D eigenvalue weighted by Gasteiger charge is 2.28. The highest BCUT2D eigenvalue weighted by molar-refractivity contribution is 7.99. The predicted molar refractivity (Wildman–Crippen MR) is 79.0 cm³/mol. The number of amides is 1. The predicted octanol–water partition coefficient (Wildman–Crippen LogP) is 4.47. The van der Waals surface area contributed by atoms with Crippen molar-refractivity contribution in [3.05, 3.63) is 48.5 Å². The van der Waals surface area contributed by atoms with Crippen LogP contribution in [-0.4, -0.2) is 5.91 Å². The molecule has 3 rings (SSSR count). The number of rotatable bonds is 1. The largest absolute Gasteiger partial charge is 0.279 e. The number of nitrogens with zero attached hydrogens (tertiary/aromatic N) is 1. The average molecular weight is 269 g/mol. The van der Waals surface area contributed by atoms with Gasteiger partial charge in [-0.1, -0.05) is 49.9 Å². The van der Waals surface area contributed by atoms with Crippen LogP contribution in [0.25, 0.3) is 0 Å². The van der Waals surface area contributed by atoms with Gasteiger partial charge in [-0.25, -0.2) is 0 Å². The summed E-state index contributed by atoms with van der Waals surface area (Å²) in [7, 11) is 0. The van der Waals surface area contributed by atoms with E-state index in [1.165, 1.54) is 0 Å². The van der Waals surface area contributed by atoms with Crippen molar-refractivity contribution < 1.29 is 4.79 Å². The molecule has 0 fully saturated rings. The summed E-state index contributed by atoms with van der Waals surface area (Å²) in [5.74, 6) is 0.115. The fourth-order valence-corrected chi connectivity index (χ4v) is 3.26. The fraction of sp³-hybridized carbons (Fsp3) is 0.188. The monoisotopic (exact) mass is 269 g/mol. The number of para-hydroxylation sites is 2. The quantitative estimate of drug-likeness (QED) is 0.761. The van der Waals surface area contributed by atoms with Gasteiger partial charge in [-0.15, -0.1) is 0 Å². The summed E-state index contributed by atoms with van der Waals surface area (Å²) in [6, 6.07) is 16.1. The molecule has 0 unspecified atom stereocenters.